The van der Waals surface area contributed by atoms with Crippen LogP contribution in [-0.2, 0) is 20.8 Å². The van der Waals surface area contributed by atoms with Crippen LogP contribution in [-0.4, -0.2) is 24.4 Å². The van der Waals surface area contributed by atoms with Gasteiger partial charge in [0, 0.05) is 12.8 Å². The van der Waals surface area contributed by atoms with Crippen molar-refractivity contribution in [1.82, 2.24) is 0 Å². The molecule has 0 aromatic heterocycles. The largest absolute Gasteiger partial charge is 0.461 e. The first-order valence-electron chi connectivity index (χ1n) is 5.73. The smallest absolute Gasteiger partial charge is 0.356 e. The molecule has 0 spiro atoms. The number of rotatable bonds is 4. The molecule has 0 fully saturated rings. The topological polar surface area (TPSA) is 47.9 Å². The second-order valence-corrected chi connectivity index (χ2v) is 3.88. The van der Waals surface area contributed by atoms with Gasteiger partial charge in [-0.15, -0.1) is 0 Å². The molecular formula is C13H15NO3. The number of ether oxygens (including phenoxy) is 1. The maximum atomic E-state index is 11.4. The molecule has 1 aromatic rings. The van der Waals surface area contributed by atoms with Gasteiger partial charge in [-0.3, -0.25) is 0 Å². The van der Waals surface area contributed by atoms with Crippen molar-refractivity contribution in [2.45, 2.75) is 25.9 Å². The van der Waals surface area contributed by atoms with Gasteiger partial charge in [0.15, 0.2) is 5.71 Å². The summed E-state index contributed by atoms with van der Waals surface area (Å²) in [7, 11) is 0. The lowest BCUT2D eigenvalue weighted by Gasteiger charge is -2.07. The number of esters is 1. The van der Waals surface area contributed by atoms with Crippen molar-refractivity contribution in [3.8, 4) is 0 Å². The summed E-state index contributed by atoms with van der Waals surface area (Å²) in [4.78, 5) is 16.6. The van der Waals surface area contributed by atoms with Crippen molar-refractivity contribution >= 4 is 11.7 Å². The van der Waals surface area contributed by atoms with Crippen LogP contribution in [0.1, 0.15) is 18.9 Å². The highest BCUT2D eigenvalue weighted by Crippen LogP contribution is 2.16. The van der Waals surface area contributed by atoms with Gasteiger partial charge in [0.1, 0.15) is 6.10 Å². The molecule has 0 radical (unpaired) electrons. The molecule has 1 aliphatic rings. The second-order valence-electron chi connectivity index (χ2n) is 3.88. The van der Waals surface area contributed by atoms with Crippen LogP contribution in [0.5, 0.6) is 0 Å². The maximum absolute atomic E-state index is 11.4. The van der Waals surface area contributed by atoms with E-state index < -0.39 is 0 Å². The Hall–Kier alpha value is -1.84. The fourth-order valence-corrected chi connectivity index (χ4v) is 1.75. The summed E-state index contributed by atoms with van der Waals surface area (Å²) in [6, 6.07) is 10.0. The number of benzene rings is 1. The second kappa shape index (κ2) is 5.48. The first-order chi connectivity index (χ1) is 8.29. The van der Waals surface area contributed by atoms with E-state index in [-0.39, 0.29) is 12.1 Å². The predicted octanol–water partition coefficient (Wildman–Crippen LogP) is 1.94. The van der Waals surface area contributed by atoms with Crippen LogP contribution in [0.2, 0.25) is 0 Å². The summed E-state index contributed by atoms with van der Waals surface area (Å²) in [6.45, 7) is 2.14. The fourth-order valence-electron chi connectivity index (χ4n) is 1.75. The lowest BCUT2D eigenvalue weighted by Crippen LogP contribution is -2.19. The highest BCUT2D eigenvalue weighted by molar-refractivity contribution is 6.36. The summed E-state index contributed by atoms with van der Waals surface area (Å²) >= 11 is 0. The van der Waals surface area contributed by atoms with Gasteiger partial charge in [0.25, 0.3) is 0 Å². The number of hydrogen-bond acceptors (Lipinski definition) is 4. The van der Waals surface area contributed by atoms with E-state index in [9.17, 15) is 4.79 Å². The van der Waals surface area contributed by atoms with E-state index in [0.717, 1.165) is 6.42 Å². The molecular weight excluding hydrogens is 218 g/mol. The van der Waals surface area contributed by atoms with Crippen LogP contribution in [0.25, 0.3) is 0 Å². The van der Waals surface area contributed by atoms with E-state index in [1.54, 1.807) is 6.92 Å². The summed E-state index contributed by atoms with van der Waals surface area (Å²) < 4.78 is 4.87. The maximum Gasteiger partial charge on any atom is 0.356 e. The van der Waals surface area contributed by atoms with Crippen LogP contribution in [0.4, 0.5) is 0 Å². The first-order valence-corrected chi connectivity index (χ1v) is 5.73. The molecule has 1 heterocycles. The number of nitrogens with zero attached hydrogens (tertiary/aromatic N) is 1. The lowest BCUT2D eigenvalue weighted by atomic mass is 10.0. The Labute approximate surface area is 100 Å². The molecule has 4 heteroatoms. The number of carbonyl (C=O) groups is 1. The van der Waals surface area contributed by atoms with Crippen molar-refractivity contribution in [1.29, 1.82) is 0 Å². The Morgan fingerprint density at radius 3 is 2.94 bits per heavy atom. The zero-order valence-corrected chi connectivity index (χ0v) is 9.76. The Bertz CT molecular complexity index is 414. The van der Waals surface area contributed by atoms with Crippen molar-refractivity contribution in [2.24, 2.45) is 5.16 Å². The molecule has 0 N–H and O–H groups in total. The van der Waals surface area contributed by atoms with E-state index in [2.05, 4.69) is 5.16 Å². The predicted molar refractivity (Wildman–Crippen MR) is 63.7 cm³/mol. The molecule has 1 unspecified atom stereocenters. The van der Waals surface area contributed by atoms with Gasteiger partial charge in [0.2, 0.25) is 0 Å². The minimum absolute atomic E-state index is 0.0585. The Morgan fingerprint density at radius 2 is 2.24 bits per heavy atom. The van der Waals surface area contributed by atoms with E-state index in [1.807, 2.05) is 30.3 Å². The summed E-state index contributed by atoms with van der Waals surface area (Å²) in [6.07, 6.45) is 1.22. The number of carbonyl (C=O) groups excluding carboxylic acids is 1. The van der Waals surface area contributed by atoms with Crippen LogP contribution in [0.15, 0.2) is 35.5 Å². The van der Waals surface area contributed by atoms with E-state index in [1.165, 1.54) is 5.56 Å². The van der Waals surface area contributed by atoms with Crippen LogP contribution >= 0.6 is 0 Å². The lowest BCUT2D eigenvalue weighted by molar-refractivity contribution is -0.135. The monoisotopic (exact) mass is 233 g/mol. The third-order valence-corrected chi connectivity index (χ3v) is 2.55. The zero-order valence-electron chi connectivity index (χ0n) is 9.76. The van der Waals surface area contributed by atoms with Crippen LogP contribution in [0.3, 0.4) is 0 Å². The fraction of sp³-hybridized carbons (Fsp3) is 0.385. The summed E-state index contributed by atoms with van der Waals surface area (Å²) in [5, 5.41) is 3.77. The molecule has 0 saturated carbocycles. The normalized spacial score (nSPS) is 18.4. The van der Waals surface area contributed by atoms with Crippen molar-refractivity contribution in [2.75, 3.05) is 6.61 Å². The molecule has 17 heavy (non-hydrogen) atoms. The Balaban J connectivity index is 1.87. The minimum Gasteiger partial charge on any atom is -0.461 e. The molecule has 1 aromatic carbocycles. The van der Waals surface area contributed by atoms with Crippen LogP contribution in [0, 0.1) is 0 Å². The molecule has 1 aliphatic heterocycles. The van der Waals surface area contributed by atoms with Crippen molar-refractivity contribution in [3.63, 3.8) is 0 Å². The van der Waals surface area contributed by atoms with Gasteiger partial charge in [-0.05, 0) is 12.5 Å². The highest BCUT2D eigenvalue weighted by Gasteiger charge is 2.26. The molecule has 0 amide bonds. The van der Waals surface area contributed by atoms with Crippen molar-refractivity contribution < 1.29 is 14.4 Å². The quantitative estimate of drug-likeness (QED) is 0.747. The SMILES string of the molecule is CCOC(=O)C1=NOC(Cc2ccccc2)C1. The average Bonchev–Trinajstić information content (AvgIpc) is 2.79. The summed E-state index contributed by atoms with van der Waals surface area (Å²) in [5.74, 6) is -0.372. The van der Waals surface area contributed by atoms with Crippen molar-refractivity contribution in [3.05, 3.63) is 35.9 Å². The Kier molecular flexibility index (Phi) is 3.75. The van der Waals surface area contributed by atoms with Gasteiger partial charge >= 0.3 is 5.97 Å². The molecule has 0 bridgehead atoms. The molecule has 2 rings (SSSR count). The standard InChI is InChI=1S/C13H15NO3/c1-2-16-13(15)12-9-11(17-14-12)8-10-6-4-3-5-7-10/h3-7,11H,2,8-9H2,1H3. The van der Waals surface area contributed by atoms with Crippen LogP contribution < -0.4 is 0 Å². The molecule has 1 atom stereocenters. The highest BCUT2D eigenvalue weighted by atomic mass is 16.6. The van der Waals surface area contributed by atoms with E-state index >= 15 is 0 Å². The molecule has 90 valence electrons. The zero-order chi connectivity index (χ0) is 12.1. The minimum atomic E-state index is -0.372. The van der Waals surface area contributed by atoms with Gasteiger partial charge in [-0.2, -0.15) is 0 Å². The summed E-state index contributed by atoms with van der Waals surface area (Å²) in [5.41, 5.74) is 1.56. The molecule has 0 saturated heterocycles. The number of oxime groups is 1. The van der Waals surface area contributed by atoms with Gasteiger partial charge in [-0.1, -0.05) is 35.5 Å². The van der Waals surface area contributed by atoms with Gasteiger partial charge in [-0.25, -0.2) is 4.79 Å². The Morgan fingerprint density at radius 1 is 1.47 bits per heavy atom. The molecule has 4 nitrogen and oxygen atoms in total. The van der Waals surface area contributed by atoms with E-state index in [4.69, 9.17) is 9.57 Å². The van der Waals surface area contributed by atoms with Gasteiger partial charge < -0.3 is 9.57 Å². The average molecular weight is 233 g/mol. The van der Waals surface area contributed by atoms with E-state index in [0.29, 0.717) is 18.7 Å². The molecule has 0 aliphatic carbocycles. The van der Waals surface area contributed by atoms with Gasteiger partial charge in [0.05, 0.1) is 6.61 Å². The first kappa shape index (κ1) is 11.6. The third-order valence-electron chi connectivity index (χ3n) is 2.55. The number of hydrogen-bond donors (Lipinski definition) is 0. The third kappa shape index (κ3) is 3.06.